The van der Waals surface area contributed by atoms with E-state index in [0.717, 1.165) is 18.5 Å². The third-order valence-corrected chi connectivity index (χ3v) is 3.31. The number of likely N-dealkylation sites (N-methyl/N-ethyl adjacent to an activating group) is 1. The van der Waals surface area contributed by atoms with Gasteiger partial charge < -0.3 is 16.0 Å². The van der Waals surface area contributed by atoms with Crippen LogP contribution in [0.4, 0.5) is 10.1 Å². The fourth-order valence-electron chi connectivity index (χ4n) is 2.11. The zero-order valence-electron chi connectivity index (χ0n) is 11.2. The van der Waals surface area contributed by atoms with Gasteiger partial charge in [-0.15, -0.1) is 0 Å². The van der Waals surface area contributed by atoms with Crippen molar-refractivity contribution in [3.63, 3.8) is 0 Å². The number of benzene rings is 1. The van der Waals surface area contributed by atoms with Crippen molar-refractivity contribution in [2.45, 2.75) is 32.4 Å². The van der Waals surface area contributed by atoms with Crippen molar-refractivity contribution in [3.05, 3.63) is 29.6 Å². The van der Waals surface area contributed by atoms with Crippen LogP contribution >= 0.6 is 0 Å². The van der Waals surface area contributed by atoms with Crippen molar-refractivity contribution >= 4 is 11.6 Å². The van der Waals surface area contributed by atoms with E-state index in [2.05, 4.69) is 5.32 Å². The van der Waals surface area contributed by atoms with Gasteiger partial charge in [0.05, 0.1) is 6.54 Å². The standard InChI is InChI=1S/C14H20FN3O/c1-2-18(9-14(16)19)13-5-3-4-12(15)11(13)8-17-10-6-7-10/h3-5,10,17H,2,6-9H2,1H3,(H2,16,19). The Balaban J connectivity index is 2.20. The highest BCUT2D eigenvalue weighted by Crippen LogP contribution is 2.25. The van der Waals surface area contributed by atoms with Gasteiger partial charge in [0, 0.05) is 30.4 Å². The lowest BCUT2D eigenvalue weighted by Gasteiger charge is -2.24. The molecule has 0 unspecified atom stereocenters. The first-order chi connectivity index (χ1) is 9.11. The third-order valence-electron chi connectivity index (χ3n) is 3.31. The maximum absolute atomic E-state index is 14.0. The van der Waals surface area contributed by atoms with Gasteiger partial charge in [0.25, 0.3) is 0 Å². The van der Waals surface area contributed by atoms with Gasteiger partial charge in [-0.2, -0.15) is 0 Å². The van der Waals surface area contributed by atoms with Gasteiger partial charge in [-0.25, -0.2) is 4.39 Å². The van der Waals surface area contributed by atoms with E-state index < -0.39 is 5.91 Å². The molecule has 5 heteroatoms. The highest BCUT2D eigenvalue weighted by molar-refractivity contribution is 5.80. The normalized spacial score (nSPS) is 14.4. The van der Waals surface area contributed by atoms with E-state index in [1.807, 2.05) is 13.0 Å². The number of anilines is 1. The lowest BCUT2D eigenvalue weighted by molar-refractivity contribution is -0.116. The minimum Gasteiger partial charge on any atom is -0.368 e. The molecule has 0 spiro atoms. The molecule has 104 valence electrons. The number of primary amides is 1. The van der Waals surface area contributed by atoms with Gasteiger partial charge in [-0.1, -0.05) is 6.07 Å². The van der Waals surface area contributed by atoms with Crippen LogP contribution in [0.5, 0.6) is 0 Å². The lowest BCUT2D eigenvalue weighted by atomic mass is 10.1. The number of nitrogens with zero attached hydrogens (tertiary/aromatic N) is 1. The Hall–Kier alpha value is -1.62. The second-order valence-electron chi connectivity index (χ2n) is 4.87. The van der Waals surface area contributed by atoms with E-state index >= 15 is 0 Å². The predicted molar refractivity (Wildman–Crippen MR) is 73.3 cm³/mol. The van der Waals surface area contributed by atoms with E-state index in [1.165, 1.54) is 6.07 Å². The summed E-state index contributed by atoms with van der Waals surface area (Å²) in [7, 11) is 0. The van der Waals surface area contributed by atoms with Crippen LogP contribution in [0.25, 0.3) is 0 Å². The molecule has 1 saturated carbocycles. The number of carbonyl (C=O) groups excluding carboxylic acids is 1. The fourth-order valence-corrected chi connectivity index (χ4v) is 2.11. The smallest absolute Gasteiger partial charge is 0.236 e. The first-order valence-electron chi connectivity index (χ1n) is 6.65. The number of hydrogen-bond donors (Lipinski definition) is 2. The van der Waals surface area contributed by atoms with Crippen LogP contribution in [0.2, 0.25) is 0 Å². The van der Waals surface area contributed by atoms with Crippen molar-refractivity contribution in [1.29, 1.82) is 0 Å². The summed E-state index contributed by atoms with van der Waals surface area (Å²) in [5.74, 6) is -0.652. The van der Waals surface area contributed by atoms with E-state index in [1.54, 1.807) is 11.0 Å². The number of halogens is 1. The van der Waals surface area contributed by atoms with Crippen molar-refractivity contribution in [3.8, 4) is 0 Å². The molecular formula is C14H20FN3O. The summed E-state index contributed by atoms with van der Waals surface area (Å²) in [4.78, 5) is 12.9. The second-order valence-corrected chi connectivity index (χ2v) is 4.87. The topological polar surface area (TPSA) is 58.4 Å². The molecule has 1 fully saturated rings. The molecular weight excluding hydrogens is 245 g/mol. The lowest BCUT2D eigenvalue weighted by Crippen LogP contribution is -2.34. The van der Waals surface area contributed by atoms with E-state index in [4.69, 9.17) is 5.73 Å². The highest BCUT2D eigenvalue weighted by Gasteiger charge is 2.22. The van der Waals surface area contributed by atoms with Crippen LogP contribution in [0, 0.1) is 5.82 Å². The van der Waals surface area contributed by atoms with Gasteiger partial charge >= 0.3 is 0 Å². The zero-order valence-corrected chi connectivity index (χ0v) is 11.2. The Labute approximate surface area is 112 Å². The molecule has 0 aromatic heterocycles. The second kappa shape index (κ2) is 6.02. The summed E-state index contributed by atoms with van der Waals surface area (Å²) in [5.41, 5.74) is 6.59. The maximum atomic E-state index is 14.0. The number of carbonyl (C=O) groups is 1. The Morgan fingerprint density at radius 2 is 2.26 bits per heavy atom. The van der Waals surface area contributed by atoms with Crippen LogP contribution in [-0.4, -0.2) is 25.0 Å². The maximum Gasteiger partial charge on any atom is 0.236 e. The van der Waals surface area contributed by atoms with Crippen LogP contribution < -0.4 is 16.0 Å². The highest BCUT2D eigenvalue weighted by atomic mass is 19.1. The number of amides is 1. The summed E-state index contributed by atoms with van der Waals surface area (Å²) in [6, 6.07) is 5.46. The summed E-state index contributed by atoms with van der Waals surface area (Å²) >= 11 is 0. The number of rotatable bonds is 7. The third kappa shape index (κ3) is 3.67. The van der Waals surface area contributed by atoms with Gasteiger partial charge in [-0.3, -0.25) is 4.79 Å². The molecule has 1 amide bonds. The first kappa shape index (κ1) is 13.8. The molecule has 0 aliphatic heterocycles. The molecule has 0 heterocycles. The minimum absolute atomic E-state index is 0.108. The molecule has 1 aliphatic rings. The minimum atomic E-state index is -0.410. The average Bonchev–Trinajstić information content (AvgIpc) is 3.18. The van der Waals surface area contributed by atoms with Gasteiger partial charge in [-0.05, 0) is 31.9 Å². The van der Waals surface area contributed by atoms with Gasteiger partial charge in [0.2, 0.25) is 5.91 Å². The molecule has 1 aromatic carbocycles. The van der Waals surface area contributed by atoms with Crippen LogP contribution in [0.15, 0.2) is 18.2 Å². The molecule has 1 aliphatic carbocycles. The predicted octanol–water partition coefficient (Wildman–Crippen LogP) is 1.39. The number of hydrogen-bond acceptors (Lipinski definition) is 3. The van der Waals surface area contributed by atoms with Crippen molar-refractivity contribution < 1.29 is 9.18 Å². The summed E-state index contributed by atoms with van der Waals surface area (Å²) < 4.78 is 14.0. The number of nitrogens with one attached hydrogen (secondary N) is 1. The van der Waals surface area contributed by atoms with Crippen molar-refractivity contribution in [1.82, 2.24) is 5.32 Å². The summed E-state index contributed by atoms with van der Waals surface area (Å²) in [6.45, 7) is 3.13. The Bertz CT molecular complexity index is 460. The molecule has 19 heavy (non-hydrogen) atoms. The largest absolute Gasteiger partial charge is 0.368 e. The van der Waals surface area contributed by atoms with E-state index in [-0.39, 0.29) is 12.4 Å². The monoisotopic (exact) mass is 265 g/mol. The average molecular weight is 265 g/mol. The van der Waals surface area contributed by atoms with Gasteiger partial charge in [0.15, 0.2) is 0 Å². The molecule has 1 aromatic rings. The van der Waals surface area contributed by atoms with Crippen LogP contribution in [0.3, 0.4) is 0 Å². The molecule has 0 saturated heterocycles. The molecule has 2 rings (SSSR count). The summed E-state index contributed by atoms with van der Waals surface area (Å²) in [6.07, 6.45) is 2.31. The molecule has 3 N–H and O–H groups in total. The molecule has 0 bridgehead atoms. The SMILES string of the molecule is CCN(CC(N)=O)c1cccc(F)c1CNC1CC1. The molecule has 4 nitrogen and oxygen atoms in total. The first-order valence-corrected chi connectivity index (χ1v) is 6.65. The fraction of sp³-hybridized carbons (Fsp3) is 0.500. The zero-order chi connectivity index (χ0) is 13.8. The van der Waals surface area contributed by atoms with Crippen molar-refractivity contribution in [2.24, 2.45) is 5.73 Å². The molecule has 0 atom stereocenters. The van der Waals surface area contributed by atoms with Crippen LogP contribution in [-0.2, 0) is 11.3 Å². The van der Waals surface area contributed by atoms with E-state index in [0.29, 0.717) is 24.7 Å². The molecule has 0 radical (unpaired) electrons. The van der Waals surface area contributed by atoms with Gasteiger partial charge in [0.1, 0.15) is 5.82 Å². The van der Waals surface area contributed by atoms with Crippen molar-refractivity contribution in [2.75, 3.05) is 18.0 Å². The van der Waals surface area contributed by atoms with Crippen LogP contribution in [0.1, 0.15) is 25.3 Å². The Kier molecular flexibility index (Phi) is 4.37. The Morgan fingerprint density at radius 1 is 1.53 bits per heavy atom. The Morgan fingerprint density at radius 3 is 2.84 bits per heavy atom. The summed E-state index contributed by atoms with van der Waals surface area (Å²) in [5, 5.41) is 3.30. The van der Waals surface area contributed by atoms with E-state index in [9.17, 15) is 9.18 Å². The number of nitrogens with two attached hydrogens (primary N) is 1. The quantitative estimate of drug-likeness (QED) is 0.783.